The molecule has 3 aliphatic heterocycles. The number of anilines is 4. The number of carbonyl (C=O) groups is 4. The van der Waals surface area contributed by atoms with Crippen LogP contribution < -0.4 is 29.5 Å². The van der Waals surface area contributed by atoms with Gasteiger partial charge in [0.15, 0.2) is 6.23 Å². The molecule has 3 aliphatic rings. The Kier molecular flexibility index (Phi) is 12.5. The Labute approximate surface area is 336 Å². The summed E-state index contributed by atoms with van der Waals surface area (Å²) in [7, 11) is 3.04. The summed E-state index contributed by atoms with van der Waals surface area (Å²) in [5.41, 5.74) is 6.00. The van der Waals surface area contributed by atoms with E-state index in [1.807, 2.05) is 62.4 Å². The molecular formula is C44H46N4O10. The van der Waals surface area contributed by atoms with Crippen molar-refractivity contribution in [1.29, 1.82) is 0 Å². The standard InChI is InChI=1S/C22H22N2O5.C22H24N2O5/c1-4-9-29-22(27)24-17-10-13(2)19(28-3)12-15(17)20(25)23-16-8-6-5-7-14(16)11-18(23)21(24)26;1-4-9-29-22(27)23-18-10-14(2)20(28-3)12-17(18)21(26)24-16(13-25)11-15-7-5-6-8-19(15)24/h4-8,10,12,18,21,26H,1,9,11H2,2-3H3;4-8,10,12,16,25H,1,9,11,13H2,2-3H3,(H,23,27)/t18-,21?;16-/m00/s1. The highest BCUT2D eigenvalue weighted by Gasteiger charge is 2.47. The molecule has 302 valence electrons. The number of hydrogen-bond donors (Lipinski definition) is 3. The SMILES string of the molecule is C=CCOC(=O)N1c2cc(C)c(OC)cc2C(=O)N2c3ccccc3C[C@H]2C1O.C=CCOC(=O)Nc1cc(C)c(OC)cc1C(=O)N1c2ccccc2C[C@H]1CO. The van der Waals surface area contributed by atoms with Gasteiger partial charge in [0.1, 0.15) is 24.7 Å². The van der Waals surface area contributed by atoms with E-state index in [1.54, 1.807) is 34.1 Å². The summed E-state index contributed by atoms with van der Waals surface area (Å²) >= 11 is 0. The van der Waals surface area contributed by atoms with Crippen LogP contribution in [-0.2, 0) is 22.3 Å². The van der Waals surface area contributed by atoms with Crippen LogP contribution in [0.5, 0.6) is 11.5 Å². The second kappa shape index (κ2) is 17.7. The van der Waals surface area contributed by atoms with E-state index in [2.05, 4.69) is 18.5 Å². The summed E-state index contributed by atoms with van der Waals surface area (Å²) < 4.78 is 21.0. The molecule has 3 heterocycles. The monoisotopic (exact) mass is 790 g/mol. The molecule has 3 N–H and O–H groups in total. The number of methoxy groups -OCH3 is 2. The van der Waals surface area contributed by atoms with E-state index in [-0.39, 0.29) is 48.8 Å². The Morgan fingerprint density at radius 3 is 2.07 bits per heavy atom. The molecule has 4 aromatic rings. The van der Waals surface area contributed by atoms with Gasteiger partial charge in [-0.3, -0.25) is 14.9 Å². The summed E-state index contributed by atoms with van der Waals surface area (Å²) in [4.78, 5) is 56.3. The van der Waals surface area contributed by atoms with Crippen molar-refractivity contribution in [3.8, 4) is 11.5 Å². The summed E-state index contributed by atoms with van der Waals surface area (Å²) in [6, 6.07) is 20.5. The summed E-state index contributed by atoms with van der Waals surface area (Å²) in [6.07, 6.45) is 1.18. The second-order valence-electron chi connectivity index (χ2n) is 13.8. The van der Waals surface area contributed by atoms with Crippen LogP contribution in [0.2, 0.25) is 0 Å². The first kappa shape index (κ1) is 41.0. The predicted octanol–water partition coefficient (Wildman–Crippen LogP) is 6.34. The molecule has 4 amide bonds. The number of hydrogen-bond acceptors (Lipinski definition) is 10. The van der Waals surface area contributed by atoms with E-state index in [0.29, 0.717) is 35.7 Å². The van der Waals surface area contributed by atoms with Gasteiger partial charge in [-0.05, 0) is 85.3 Å². The van der Waals surface area contributed by atoms with E-state index >= 15 is 0 Å². The molecule has 0 aliphatic carbocycles. The molecule has 0 aromatic heterocycles. The first-order valence-electron chi connectivity index (χ1n) is 18.6. The third-order valence-electron chi connectivity index (χ3n) is 10.2. The molecule has 0 bridgehead atoms. The van der Waals surface area contributed by atoms with E-state index in [9.17, 15) is 29.4 Å². The van der Waals surface area contributed by atoms with Gasteiger partial charge < -0.3 is 39.0 Å². The molecule has 0 saturated carbocycles. The molecule has 0 fully saturated rings. The molecule has 0 radical (unpaired) electrons. The maximum atomic E-state index is 13.6. The maximum Gasteiger partial charge on any atom is 0.416 e. The van der Waals surface area contributed by atoms with Crippen molar-refractivity contribution in [1.82, 2.24) is 0 Å². The lowest BCUT2D eigenvalue weighted by molar-refractivity contribution is 0.0916. The fourth-order valence-electron chi connectivity index (χ4n) is 7.51. The average molecular weight is 791 g/mol. The van der Waals surface area contributed by atoms with Gasteiger partial charge in [-0.1, -0.05) is 61.7 Å². The minimum atomic E-state index is -1.28. The first-order chi connectivity index (χ1) is 28.0. The van der Waals surface area contributed by atoms with Crippen molar-refractivity contribution < 1.29 is 48.3 Å². The lowest BCUT2D eigenvalue weighted by Crippen LogP contribution is -2.52. The zero-order valence-corrected chi connectivity index (χ0v) is 32.8. The van der Waals surface area contributed by atoms with Gasteiger partial charge in [0.05, 0.1) is 55.4 Å². The van der Waals surface area contributed by atoms with Crippen LogP contribution >= 0.6 is 0 Å². The topological polar surface area (TPSA) is 167 Å². The minimum Gasteiger partial charge on any atom is -0.496 e. The molecule has 4 aromatic carbocycles. The lowest BCUT2D eigenvalue weighted by Gasteiger charge is -2.31. The van der Waals surface area contributed by atoms with Gasteiger partial charge in [-0.2, -0.15) is 0 Å². The van der Waals surface area contributed by atoms with Crippen LogP contribution in [0.4, 0.5) is 32.3 Å². The van der Waals surface area contributed by atoms with Crippen molar-refractivity contribution in [2.45, 2.75) is 45.0 Å². The third kappa shape index (κ3) is 7.84. The highest BCUT2D eigenvalue weighted by Crippen LogP contribution is 2.42. The third-order valence-corrected chi connectivity index (χ3v) is 10.2. The fraction of sp³-hybridized carbons (Fsp3) is 0.273. The minimum absolute atomic E-state index is 0.00488. The normalized spacial score (nSPS) is 17.3. The van der Waals surface area contributed by atoms with Crippen LogP contribution in [0, 0.1) is 13.8 Å². The van der Waals surface area contributed by atoms with Gasteiger partial charge in [0.25, 0.3) is 11.8 Å². The van der Waals surface area contributed by atoms with Crippen molar-refractivity contribution in [2.24, 2.45) is 0 Å². The van der Waals surface area contributed by atoms with Crippen molar-refractivity contribution >= 4 is 46.8 Å². The maximum absolute atomic E-state index is 13.6. The Hall–Kier alpha value is -6.64. The molecule has 14 nitrogen and oxygen atoms in total. The van der Waals surface area contributed by atoms with Crippen molar-refractivity contribution in [3.63, 3.8) is 0 Å². The number of ether oxygens (including phenoxy) is 4. The quantitative estimate of drug-likeness (QED) is 0.163. The van der Waals surface area contributed by atoms with Crippen LogP contribution in [0.3, 0.4) is 0 Å². The molecule has 3 atom stereocenters. The average Bonchev–Trinajstić information content (AvgIpc) is 3.79. The van der Waals surface area contributed by atoms with E-state index in [4.69, 9.17) is 18.9 Å². The number of fused-ring (bicyclic) bond motifs is 5. The van der Waals surface area contributed by atoms with Gasteiger partial charge in [0, 0.05) is 11.4 Å². The second-order valence-corrected chi connectivity index (χ2v) is 13.8. The van der Waals surface area contributed by atoms with Crippen molar-refractivity contribution in [3.05, 3.63) is 131 Å². The lowest BCUT2D eigenvalue weighted by atomic mass is 10.1. The zero-order chi connectivity index (χ0) is 41.7. The molecule has 0 spiro atoms. The summed E-state index contributed by atoms with van der Waals surface area (Å²) in [6.45, 7) is 10.6. The Morgan fingerprint density at radius 2 is 1.41 bits per heavy atom. The summed E-state index contributed by atoms with van der Waals surface area (Å²) in [5.74, 6) is 0.404. The highest BCUT2D eigenvalue weighted by atomic mass is 16.6. The number of aliphatic hydroxyl groups excluding tert-OH is 2. The summed E-state index contributed by atoms with van der Waals surface area (Å²) in [5, 5.41) is 23.7. The number of amides is 4. The molecule has 0 saturated heterocycles. The van der Waals surface area contributed by atoms with E-state index in [1.165, 1.54) is 26.4 Å². The highest BCUT2D eigenvalue weighted by molar-refractivity contribution is 6.15. The largest absolute Gasteiger partial charge is 0.496 e. The Balaban J connectivity index is 0.000000196. The number of aryl methyl sites for hydroxylation is 2. The van der Waals surface area contributed by atoms with Crippen molar-refractivity contribution in [2.75, 3.05) is 54.1 Å². The van der Waals surface area contributed by atoms with Gasteiger partial charge in [-0.25, -0.2) is 14.5 Å². The molecular weight excluding hydrogens is 745 g/mol. The van der Waals surface area contributed by atoms with Gasteiger partial charge in [-0.15, -0.1) is 0 Å². The van der Waals surface area contributed by atoms with Crippen LogP contribution in [0.25, 0.3) is 0 Å². The number of aliphatic hydroxyl groups is 2. The Bertz CT molecular complexity index is 2260. The smallest absolute Gasteiger partial charge is 0.416 e. The van der Waals surface area contributed by atoms with Crippen LogP contribution in [0.15, 0.2) is 98.1 Å². The number of nitrogens with one attached hydrogen (secondary N) is 1. The molecule has 7 rings (SSSR count). The number of rotatable bonds is 9. The Morgan fingerprint density at radius 1 is 0.810 bits per heavy atom. The van der Waals surface area contributed by atoms with E-state index in [0.717, 1.165) is 38.5 Å². The number of nitrogens with zero attached hydrogens (tertiary/aromatic N) is 3. The molecule has 1 unspecified atom stereocenters. The number of para-hydroxylation sites is 2. The fourth-order valence-corrected chi connectivity index (χ4v) is 7.51. The molecule has 14 heteroatoms. The van der Waals surface area contributed by atoms with Gasteiger partial charge in [0.2, 0.25) is 0 Å². The van der Waals surface area contributed by atoms with Gasteiger partial charge >= 0.3 is 12.2 Å². The predicted molar refractivity (Wildman–Crippen MR) is 219 cm³/mol. The zero-order valence-electron chi connectivity index (χ0n) is 32.8. The first-order valence-corrected chi connectivity index (χ1v) is 18.6. The number of benzene rings is 4. The molecule has 58 heavy (non-hydrogen) atoms. The van der Waals surface area contributed by atoms with Crippen LogP contribution in [-0.4, -0.2) is 86.6 Å². The van der Waals surface area contributed by atoms with Crippen LogP contribution in [0.1, 0.15) is 43.0 Å². The van der Waals surface area contributed by atoms with E-state index < -0.39 is 24.5 Å². The number of carbonyl (C=O) groups excluding carboxylic acids is 4.